The number of esters is 1. The molecule has 1 aromatic carbocycles. The van der Waals surface area contributed by atoms with Crippen LogP contribution < -0.4 is 4.90 Å². The van der Waals surface area contributed by atoms with Gasteiger partial charge < -0.3 is 19.1 Å². The third-order valence-electron chi connectivity index (χ3n) is 7.64. The fourth-order valence-corrected chi connectivity index (χ4v) is 6.32. The maximum atomic E-state index is 12.8. The third-order valence-corrected chi connectivity index (χ3v) is 7.64. The number of nitrogens with zero attached hydrogens (tertiary/aromatic N) is 4. The molecular weight excluding hydrogens is 392 g/mol. The van der Waals surface area contributed by atoms with Crippen molar-refractivity contribution in [3.05, 3.63) is 23.8 Å². The van der Waals surface area contributed by atoms with Crippen LogP contribution in [0.3, 0.4) is 0 Å². The van der Waals surface area contributed by atoms with Crippen LogP contribution in [0, 0.1) is 11.8 Å². The van der Waals surface area contributed by atoms with E-state index in [2.05, 4.69) is 21.3 Å². The summed E-state index contributed by atoms with van der Waals surface area (Å²) in [4.78, 5) is 34.4. The molecule has 0 unspecified atom stereocenters. The van der Waals surface area contributed by atoms with Gasteiger partial charge in [0.1, 0.15) is 0 Å². The smallest absolute Gasteiger partial charge is 0.337 e. The van der Waals surface area contributed by atoms with Gasteiger partial charge >= 0.3 is 5.97 Å². The van der Waals surface area contributed by atoms with E-state index in [0.29, 0.717) is 41.8 Å². The Morgan fingerprint density at radius 3 is 2.84 bits per heavy atom. The number of carbonyl (C=O) groups excluding carboxylic acids is 2. The Kier molecular flexibility index (Phi) is 5.15. The first-order valence-corrected chi connectivity index (χ1v) is 11.6. The minimum Gasteiger partial charge on any atom is -0.465 e. The van der Waals surface area contributed by atoms with E-state index in [9.17, 15) is 9.59 Å². The average Bonchev–Trinajstić information content (AvgIpc) is 3.12. The topological polar surface area (TPSA) is 67.7 Å². The zero-order valence-electron chi connectivity index (χ0n) is 18.7. The molecule has 3 fully saturated rings. The second-order valence-electron chi connectivity index (χ2n) is 9.44. The van der Waals surface area contributed by atoms with E-state index in [1.807, 2.05) is 19.2 Å². The predicted molar refractivity (Wildman–Crippen MR) is 119 cm³/mol. The number of aromatic nitrogens is 2. The van der Waals surface area contributed by atoms with E-state index in [1.165, 1.54) is 13.5 Å². The molecule has 0 spiro atoms. The lowest BCUT2D eigenvalue weighted by molar-refractivity contribution is -0.149. The number of methoxy groups -OCH3 is 1. The second-order valence-corrected chi connectivity index (χ2v) is 9.44. The lowest BCUT2D eigenvalue weighted by atomic mass is 9.71. The van der Waals surface area contributed by atoms with Gasteiger partial charge in [-0.25, -0.2) is 9.78 Å². The molecule has 0 aliphatic carbocycles. The first-order valence-electron chi connectivity index (χ1n) is 11.6. The second kappa shape index (κ2) is 7.84. The summed E-state index contributed by atoms with van der Waals surface area (Å²) in [5.74, 6) is 1.98. The molecule has 3 aliphatic heterocycles. The minimum absolute atomic E-state index is 0.342. The van der Waals surface area contributed by atoms with Crippen molar-refractivity contribution in [1.29, 1.82) is 0 Å². The minimum atomic E-state index is -0.342. The van der Waals surface area contributed by atoms with Crippen molar-refractivity contribution < 1.29 is 14.3 Å². The molecule has 7 heteroatoms. The highest BCUT2D eigenvalue weighted by molar-refractivity contribution is 5.94. The third kappa shape index (κ3) is 3.29. The summed E-state index contributed by atoms with van der Waals surface area (Å²) in [6, 6.07) is 6.29. The van der Waals surface area contributed by atoms with E-state index < -0.39 is 0 Å². The van der Waals surface area contributed by atoms with Crippen LogP contribution in [-0.4, -0.2) is 58.6 Å². The number of anilines is 1. The van der Waals surface area contributed by atoms with Crippen molar-refractivity contribution in [3.8, 4) is 0 Å². The Labute approximate surface area is 183 Å². The van der Waals surface area contributed by atoms with Gasteiger partial charge in [0.15, 0.2) is 0 Å². The fraction of sp³-hybridized carbons (Fsp3) is 0.625. The van der Waals surface area contributed by atoms with Crippen molar-refractivity contribution in [2.45, 2.75) is 57.5 Å². The Morgan fingerprint density at radius 2 is 2.06 bits per heavy atom. The van der Waals surface area contributed by atoms with Crippen LogP contribution in [0.4, 0.5) is 5.95 Å². The number of rotatable bonds is 4. The Bertz CT molecular complexity index is 1020. The number of ether oxygens (including phenoxy) is 1. The van der Waals surface area contributed by atoms with Crippen LogP contribution in [0.5, 0.6) is 0 Å². The van der Waals surface area contributed by atoms with E-state index in [0.717, 1.165) is 55.8 Å². The van der Waals surface area contributed by atoms with E-state index in [1.54, 1.807) is 6.07 Å². The monoisotopic (exact) mass is 424 g/mol. The Hall–Kier alpha value is -2.57. The van der Waals surface area contributed by atoms with Gasteiger partial charge in [0.2, 0.25) is 11.9 Å². The highest BCUT2D eigenvalue weighted by atomic mass is 16.5. The number of hydrogen-bond acceptors (Lipinski definition) is 5. The lowest BCUT2D eigenvalue weighted by Gasteiger charge is -2.56. The maximum Gasteiger partial charge on any atom is 0.337 e. The molecule has 5 rings (SSSR count). The number of carbonyl (C=O) groups is 2. The van der Waals surface area contributed by atoms with Crippen LogP contribution in [-0.2, 0) is 16.6 Å². The molecule has 2 aromatic rings. The summed E-state index contributed by atoms with van der Waals surface area (Å²) in [7, 11) is 3.45. The van der Waals surface area contributed by atoms with Crippen LogP contribution in [0.1, 0.15) is 55.8 Å². The molecule has 0 N–H and O–H groups in total. The molecule has 3 saturated heterocycles. The normalized spacial score (nSPS) is 28.0. The Balaban J connectivity index is 1.48. The number of benzene rings is 1. The van der Waals surface area contributed by atoms with Crippen molar-refractivity contribution in [2.75, 3.05) is 25.1 Å². The molecule has 2 bridgehead atoms. The first-order chi connectivity index (χ1) is 15.0. The standard InChI is InChI=1S/C24H32N4O3/c1-4-6-19-16-11-17(20-7-5-8-22(29)28(19)20)14-27(13-16)24-25-18-12-15(23(30)31-3)9-10-21(18)26(24)2/h9-10,12,16-17,19-20H,4-8,11,13-14H2,1-3H3/t16-,17+,19-,20-/m0/s1. The summed E-state index contributed by atoms with van der Waals surface area (Å²) < 4.78 is 7.00. The summed E-state index contributed by atoms with van der Waals surface area (Å²) in [6.07, 6.45) is 6.26. The quantitative estimate of drug-likeness (QED) is 0.704. The van der Waals surface area contributed by atoms with E-state index in [4.69, 9.17) is 9.72 Å². The van der Waals surface area contributed by atoms with Crippen LogP contribution >= 0.6 is 0 Å². The number of aryl methyl sites for hydroxylation is 1. The van der Waals surface area contributed by atoms with Gasteiger partial charge in [-0.2, -0.15) is 0 Å². The lowest BCUT2D eigenvalue weighted by Crippen LogP contribution is -2.65. The average molecular weight is 425 g/mol. The molecular formula is C24H32N4O3. The molecule has 166 valence electrons. The van der Waals surface area contributed by atoms with Crippen molar-refractivity contribution >= 4 is 28.9 Å². The summed E-state index contributed by atoms with van der Waals surface area (Å²) in [5.41, 5.74) is 2.35. The molecule has 4 atom stereocenters. The highest BCUT2D eigenvalue weighted by Gasteiger charge is 2.49. The van der Waals surface area contributed by atoms with Crippen LogP contribution in [0.2, 0.25) is 0 Å². The van der Waals surface area contributed by atoms with E-state index in [-0.39, 0.29) is 5.97 Å². The largest absolute Gasteiger partial charge is 0.465 e. The molecule has 3 aliphatic rings. The van der Waals surface area contributed by atoms with Gasteiger partial charge in [-0.05, 0) is 55.7 Å². The zero-order chi connectivity index (χ0) is 21.7. The van der Waals surface area contributed by atoms with E-state index >= 15 is 0 Å². The number of hydrogen-bond donors (Lipinski definition) is 0. The number of imidazole rings is 1. The fourth-order valence-electron chi connectivity index (χ4n) is 6.32. The zero-order valence-corrected chi connectivity index (χ0v) is 18.7. The maximum absolute atomic E-state index is 12.8. The van der Waals surface area contributed by atoms with Crippen molar-refractivity contribution in [2.24, 2.45) is 18.9 Å². The molecule has 0 radical (unpaired) electrons. The first kappa shape index (κ1) is 20.3. The molecule has 1 aromatic heterocycles. The van der Waals surface area contributed by atoms with Crippen LogP contribution in [0.15, 0.2) is 18.2 Å². The molecule has 0 saturated carbocycles. The summed E-state index contributed by atoms with van der Waals surface area (Å²) in [5, 5.41) is 0. The number of amides is 1. The number of fused-ring (bicyclic) bond motifs is 5. The predicted octanol–water partition coefficient (Wildman–Crippen LogP) is 3.37. The molecule has 7 nitrogen and oxygen atoms in total. The number of piperidine rings is 3. The SMILES string of the molecule is CCC[C@H]1[C@H]2C[C@H](CN(c3nc4cc(C(=O)OC)ccc4n3C)C2)[C@@H]2CCCC(=O)N21. The Morgan fingerprint density at radius 1 is 1.26 bits per heavy atom. The van der Waals surface area contributed by atoms with Gasteiger partial charge in [0.25, 0.3) is 0 Å². The van der Waals surface area contributed by atoms with Gasteiger partial charge in [-0.15, -0.1) is 0 Å². The molecule has 4 heterocycles. The molecule has 1 amide bonds. The summed E-state index contributed by atoms with van der Waals surface area (Å²) >= 11 is 0. The summed E-state index contributed by atoms with van der Waals surface area (Å²) in [6.45, 7) is 4.09. The van der Waals surface area contributed by atoms with Gasteiger partial charge in [0.05, 0.1) is 23.7 Å². The molecule has 31 heavy (non-hydrogen) atoms. The van der Waals surface area contributed by atoms with Gasteiger partial charge in [0, 0.05) is 38.6 Å². The van der Waals surface area contributed by atoms with Crippen molar-refractivity contribution in [1.82, 2.24) is 14.5 Å². The van der Waals surface area contributed by atoms with Crippen LogP contribution in [0.25, 0.3) is 11.0 Å². The van der Waals surface area contributed by atoms with Gasteiger partial charge in [-0.1, -0.05) is 13.3 Å². The van der Waals surface area contributed by atoms with Crippen molar-refractivity contribution in [3.63, 3.8) is 0 Å². The van der Waals surface area contributed by atoms with Gasteiger partial charge in [-0.3, -0.25) is 4.79 Å². The highest BCUT2D eigenvalue weighted by Crippen LogP contribution is 2.43.